The molecule has 0 nitrogen and oxygen atoms in total. The van der Waals surface area contributed by atoms with Crippen LogP contribution in [0.3, 0.4) is 0 Å². The summed E-state index contributed by atoms with van der Waals surface area (Å²) in [6.07, 6.45) is 4.04. The molecule has 0 N–H and O–H groups in total. The van der Waals surface area contributed by atoms with Gasteiger partial charge in [0.15, 0.2) is 0 Å². The van der Waals surface area contributed by atoms with Crippen molar-refractivity contribution in [1.82, 2.24) is 0 Å². The number of hydrogen-bond acceptors (Lipinski definition) is 0. The third-order valence-corrected chi connectivity index (χ3v) is 3.19. The Kier molecular flexibility index (Phi) is 8.47. The van der Waals surface area contributed by atoms with E-state index in [9.17, 15) is 0 Å². The highest BCUT2D eigenvalue weighted by Crippen LogP contribution is 2.41. The maximum Gasteiger partial charge on any atom is -0.0306 e. The largest absolute Gasteiger partial charge is 0.0654 e. The highest BCUT2D eigenvalue weighted by molar-refractivity contribution is 4.81. The quantitative estimate of drug-likeness (QED) is 0.548. The lowest BCUT2D eigenvalue weighted by molar-refractivity contribution is 0.116. The second-order valence-electron chi connectivity index (χ2n) is 6.97. The Hall–Kier alpha value is 0. The topological polar surface area (TPSA) is 0 Å². The number of hydrogen-bond donors (Lipinski definition) is 0. The van der Waals surface area contributed by atoms with Crippen LogP contribution < -0.4 is 0 Å². The summed E-state index contributed by atoms with van der Waals surface area (Å²) >= 11 is 0. The van der Waals surface area contributed by atoms with Gasteiger partial charge in [-0.2, -0.15) is 0 Å². The average molecular weight is 214 g/mol. The Morgan fingerprint density at radius 1 is 0.867 bits per heavy atom. The molecule has 0 bridgehead atoms. The monoisotopic (exact) mass is 214 g/mol. The van der Waals surface area contributed by atoms with Gasteiger partial charge in [0.05, 0.1) is 0 Å². The van der Waals surface area contributed by atoms with E-state index < -0.39 is 0 Å². The van der Waals surface area contributed by atoms with Crippen LogP contribution in [0.2, 0.25) is 0 Å². The van der Waals surface area contributed by atoms with E-state index in [0.717, 1.165) is 5.92 Å². The van der Waals surface area contributed by atoms with Gasteiger partial charge in [0.25, 0.3) is 0 Å². The molecule has 0 aliphatic carbocycles. The highest BCUT2D eigenvalue weighted by Gasteiger charge is 2.31. The molecule has 0 rings (SSSR count). The predicted octanol–water partition coefficient (Wildman–Crippen LogP) is 5.91. The Labute approximate surface area is 98.9 Å². The van der Waals surface area contributed by atoms with Crippen LogP contribution in [-0.2, 0) is 0 Å². The first kappa shape index (κ1) is 17.4. The summed E-state index contributed by atoms with van der Waals surface area (Å²) in [4.78, 5) is 0. The molecule has 0 radical (unpaired) electrons. The maximum absolute atomic E-state index is 2.38. The van der Waals surface area contributed by atoms with E-state index in [1.54, 1.807) is 0 Å². The smallest absolute Gasteiger partial charge is 0.0306 e. The molecule has 0 saturated heterocycles. The van der Waals surface area contributed by atoms with E-state index >= 15 is 0 Å². The van der Waals surface area contributed by atoms with Crippen molar-refractivity contribution in [2.24, 2.45) is 16.7 Å². The van der Waals surface area contributed by atoms with Gasteiger partial charge in [-0.15, -0.1) is 0 Å². The minimum absolute atomic E-state index is 0.447. The lowest BCUT2D eigenvalue weighted by Crippen LogP contribution is -2.29. The van der Waals surface area contributed by atoms with Crippen LogP contribution in [0, 0.1) is 16.7 Å². The van der Waals surface area contributed by atoms with Crippen molar-refractivity contribution >= 4 is 0 Å². The molecule has 0 heteroatoms. The summed E-state index contributed by atoms with van der Waals surface area (Å²) in [5, 5.41) is 0. The van der Waals surface area contributed by atoms with Crippen LogP contribution in [0.1, 0.15) is 81.6 Å². The molecule has 0 saturated carbocycles. The fraction of sp³-hybridized carbons (Fsp3) is 1.00. The van der Waals surface area contributed by atoms with Gasteiger partial charge in [0.2, 0.25) is 0 Å². The first-order valence-corrected chi connectivity index (χ1v) is 6.54. The summed E-state index contributed by atoms with van der Waals surface area (Å²) in [5.74, 6) is 0.833. The van der Waals surface area contributed by atoms with Crippen molar-refractivity contribution in [2.75, 3.05) is 0 Å². The van der Waals surface area contributed by atoms with Crippen LogP contribution >= 0.6 is 0 Å². The van der Waals surface area contributed by atoms with Gasteiger partial charge in [-0.05, 0) is 23.2 Å². The molecule has 0 aliphatic heterocycles. The fourth-order valence-electron chi connectivity index (χ4n) is 0.994. The van der Waals surface area contributed by atoms with Crippen LogP contribution in [0.25, 0.3) is 0 Å². The van der Waals surface area contributed by atoms with Crippen molar-refractivity contribution in [2.45, 2.75) is 81.6 Å². The zero-order valence-corrected chi connectivity index (χ0v) is 12.7. The van der Waals surface area contributed by atoms with Gasteiger partial charge in [0.1, 0.15) is 0 Å². The fourth-order valence-corrected chi connectivity index (χ4v) is 0.994. The predicted molar refractivity (Wildman–Crippen MR) is 73.3 cm³/mol. The average Bonchev–Trinajstić information content (AvgIpc) is 1.97. The molecule has 0 aromatic carbocycles. The van der Waals surface area contributed by atoms with Crippen molar-refractivity contribution in [1.29, 1.82) is 0 Å². The van der Waals surface area contributed by atoms with Gasteiger partial charge < -0.3 is 0 Å². The van der Waals surface area contributed by atoms with Crippen molar-refractivity contribution < 1.29 is 0 Å². The number of rotatable bonds is 3. The minimum atomic E-state index is 0.447. The molecule has 0 amide bonds. The van der Waals surface area contributed by atoms with E-state index in [1.807, 2.05) is 0 Å². The zero-order chi connectivity index (χ0) is 12.7. The van der Waals surface area contributed by atoms with Crippen molar-refractivity contribution in [3.8, 4) is 0 Å². The Balaban J connectivity index is 0. The molecule has 0 atom stereocenters. The van der Waals surface area contributed by atoms with Crippen molar-refractivity contribution in [3.05, 3.63) is 0 Å². The Morgan fingerprint density at radius 3 is 1.40 bits per heavy atom. The first-order valence-electron chi connectivity index (χ1n) is 6.54. The molecule has 0 aliphatic rings. The first-order chi connectivity index (χ1) is 6.54. The molecule has 0 fully saturated rings. The molecule has 94 valence electrons. The van der Waals surface area contributed by atoms with Gasteiger partial charge in [-0.3, -0.25) is 0 Å². The van der Waals surface area contributed by atoms with Gasteiger partial charge in [0, 0.05) is 0 Å². The van der Waals surface area contributed by atoms with Crippen molar-refractivity contribution in [3.63, 3.8) is 0 Å². The molecule has 0 spiro atoms. The van der Waals surface area contributed by atoms with Crippen LogP contribution in [0.5, 0.6) is 0 Å². The van der Waals surface area contributed by atoms with E-state index in [0.29, 0.717) is 10.8 Å². The van der Waals surface area contributed by atoms with E-state index in [4.69, 9.17) is 0 Å². The van der Waals surface area contributed by atoms with Crippen LogP contribution in [-0.4, -0.2) is 0 Å². The summed E-state index contributed by atoms with van der Waals surface area (Å²) in [5.41, 5.74) is 0.936. The van der Waals surface area contributed by atoms with Gasteiger partial charge in [-0.25, -0.2) is 0 Å². The summed E-state index contributed by atoms with van der Waals surface area (Å²) < 4.78 is 0. The third-order valence-electron chi connectivity index (χ3n) is 3.19. The lowest BCUT2D eigenvalue weighted by atomic mass is 9.67. The van der Waals surface area contributed by atoms with Crippen LogP contribution in [0.15, 0.2) is 0 Å². The minimum Gasteiger partial charge on any atom is -0.0654 e. The molecular weight excluding hydrogens is 180 g/mol. The van der Waals surface area contributed by atoms with E-state index in [-0.39, 0.29) is 0 Å². The van der Waals surface area contributed by atoms with Gasteiger partial charge in [-0.1, -0.05) is 75.2 Å². The maximum atomic E-state index is 2.38. The summed E-state index contributed by atoms with van der Waals surface area (Å²) in [7, 11) is 0. The van der Waals surface area contributed by atoms with E-state index in [1.165, 1.54) is 19.3 Å². The molecule has 0 aromatic rings. The normalized spacial score (nSPS) is 12.4. The lowest BCUT2D eigenvalue weighted by Gasteiger charge is -2.39. The molecular formula is C15H34. The van der Waals surface area contributed by atoms with Crippen LogP contribution in [0.4, 0.5) is 0 Å². The Bertz CT molecular complexity index is 132. The van der Waals surface area contributed by atoms with Gasteiger partial charge >= 0.3 is 0 Å². The SMILES string of the molecule is CC(C)C.CCCCC(C)(C)C(C)(C)C. The standard InChI is InChI=1S/C11H24.C4H10/c1-7-8-9-11(5,6)10(2,3)4;1-4(2)3/h7-9H2,1-6H3;4H,1-3H3. The molecule has 15 heavy (non-hydrogen) atoms. The summed E-state index contributed by atoms with van der Waals surface area (Å²) in [6, 6.07) is 0. The third kappa shape index (κ3) is 10.3. The van der Waals surface area contributed by atoms with E-state index in [2.05, 4.69) is 62.3 Å². The highest BCUT2D eigenvalue weighted by atomic mass is 14.4. The Morgan fingerprint density at radius 2 is 1.20 bits per heavy atom. The molecule has 0 unspecified atom stereocenters. The zero-order valence-electron chi connectivity index (χ0n) is 12.7. The molecule has 0 heterocycles. The second kappa shape index (κ2) is 7.30. The second-order valence-corrected chi connectivity index (χ2v) is 6.97. The number of unbranched alkanes of at least 4 members (excludes halogenated alkanes) is 1. The summed E-state index contributed by atoms with van der Waals surface area (Å²) in [6.45, 7) is 20.5. The molecule has 0 aromatic heterocycles.